The molecule has 0 spiro atoms. The van der Waals surface area contributed by atoms with E-state index in [-0.39, 0.29) is 18.2 Å². The van der Waals surface area contributed by atoms with Crippen molar-refractivity contribution in [1.82, 2.24) is 14.3 Å². The summed E-state index contributed by atoms with van der Waals surface area (Å²) < 4.78 is 43.0. The lowest BCUT2D eigenvalue weighted by Crippen LogP contribution is -2.29. The summed E-state index contributed by atoms with van der Waals surface area (Å²) >= 11 is 0. The number of para-hydroxylation sites is 1. The van der Waals surface area contributed by atoms with E-state index < -0.39 is 23.7 Å². The summed E-state index contributed by atoms with van der Waals surface area (Å²) in [7, 11) is 0. The minimum Gasteiger partial charge on any atom is -0.406 e. The van der Waals surface area contributed by atoms with Crippen LogP contribution in [-0.2, 0) is 11.3 Å². The summed E-state index contributed by atoms with van der Waals surface area (Å²) in [5, 5.41) is 6.88. The van der Waals surface area contributed by atoms with E-state index in [1.54, 1.807) is 12.1 Å². The molecule has 2 aromatic carbocycles. The van der Waals surface area contributed by atoms with Gasteiger partial charge >= 0.3 is 12.1 Å². The Labute approximate surface area is 168 Å². The van der Waals surface area contributed by atoms with Crippen LogP contribution in [0.15, 0.2) is 59.4 Å². The van der Waals surface area contributed by atoms with Crippen molar-refractivity contribution >= 4 is 11.6 Å². The van der Waals surface area contributed by atoms with Gasteiger partial charge in [0.25, 0.3) is 0 Å². The van der Waals surface area contributed by atoms with Crippen molar-refractivity contribution in [2.75, 3.05) is 5.32 Å². The van der Waals surface area contributed by atoms with Crippen LogP contribution >= 0.6 is 0 Å². The number of carbonyl (C=O) groups is 1. The Morgan fingerprint density at radius 1 is 1.10 bits per heavy atom. The molecule has 0 unspecified atom stereocenters. The third-order valence-corrected chi connectivity index (χ3v) is 4.49. The summed E-state index contributed by atoms with van der Waals surface area (Å²) in [6.07, 6.45) is -2.92. The molecule has 0 aliphatic heterocycles. The number of hydrogen-bond acceptors (Lipinski definition) is 4. The predicted octanol–water partition coefficient (Wildman–Crippen LogP) is 3.45. The Bertz CT molecular complexity index is 1100. The quantitative estimate of drug-likeness (QED) is 0.665. The van der Waals surface area contributed by atoms with Gasteiger partial charge in [-0.05, 0) is 49.2 Å². The summed E-state index contributed by atoms with van der Waals surface area (Å²) in [5.74, 6) is -0.120. The SMILES string of the molecule is O=C(Cn1nc(C2CC2)n(-c2ccccc2)c1=O)Nc1ccc(OC(F)(F)F)cc1. The van der Waals surface area contributed by atoms with E-state index in [2.05, 4.69) is 15.2 Å². The van der Waals surface area contributed by atoms with Crippen LogP contribution in [-0.4, -0.2) is 26.6 Å². The summed E-state index contributed by atoms with van der Waals surface area (Å²) in [5.41, 5.74) is 0.524. The lowest BCUT2D eigenvalue weighted by molar-refractivity contribution is -0.274. The molecule has 156 valence electrons. The standard InChI is InChI=1S/C20H17F3N4O3/c21-20(22,23)30-16-10-8-14(9-11-16)24-17(28)12-26-19(29)27(15-4-2-1-3-5-15)18(25-26)13-6-7-13/h1-5,8-11,13H,6-7,12H2,(H,24,28). The number of benzene rings is 2. The number of aromatic nitrogens is 3. The number of anilines is 1. The van der Waals surface area contributed by atoms with Gasteiger partial charge in [-0.1, -0.05) is 18.2 Å². The molecule has 1 saturated carbocycles. The zero-order chi connectivity index (χ0) is 21.3. The first-order valence-electron chi connectivity index (χ1n) is 9.21. The number of alkyl halides is 3. The zero-order valence-corrected chi connectivity index (χ0v) is 15.6. The van der Waals surface area contributed by atoms with Gasteiger partial charge in [-0.3, -0.25) is 4.79 Å². The molecule has 1 aliphatic rings. The number of halogens is 3. The Balaban J connectivity index is 1.49. The molecule has 4 rings (SSSR count). The van der Waals surface area contributed by atoms with Crippen LogP contribution in [0.5, 0.6) is 5.75 Å². The summed E-state index contributed by atoms with van der Waals surface area (Å²) in [4.78, 5) is 25.2. The van der Waals surface area contributed by atoms with E-state index in [9.17, 15) is 22.8 Å². The van der Waals surface area contributed by atoms with Gasteiger partial charge in [0.05, 0.1) is 5.69 Å². The smallest absolute Gasteiger partial charge is 0.406 e. The molecular weight excluding hydrogens is 401 g/mol. The molecule has 0 saturated heterocycles. The minimum absolute atomic E-state index is 0.184. The van der Waals surface area contributed by atoms with Crippen LogP contribution in [0.1, 0.15) is 24.6 Å². The molecule has 1 aliphatic carbocycles. The largest absolute Gasteiger partial charge is 0.573 e. The average molecular weight is 418 g/mol. The van der Waals surface area contributed by atoms with Gasteiger partial charge in [0, 0.05) is 11.6 Å². The maximum atomic E-state index is 12.8. The second kappa shape index (κ2) is 7.69. The van der Waals surface area contributed by atoms with E-state index >= 15 is 0 Å². The van der Waals surface area contributed by atoms with Crippen LogP contribution in [0.4, 0.5) is 18.9 Å². The molecule has 1 heterocycles. The predicted molar refractivity (Wildman–Crippen MR) is 102 cm³/mol. The highest BCUT2D eigenvalue weighted by Gasteiger charge is 2.32. The van der Waals surface area contributed by atoms with Gasteiger partial charge in [0.15, 0.2) is 0 Å². The molecule has 0 bridgehead atoms. The average Bonchev–Trinajstić information content (AvgIpc) is 3.48. The monoisotopic (exact) mass is 418 g/mol. The maximum Gasteiger partial charge on any atom is 0.573 e. The highest BCUT2D eigenvalue weighted by atomic mass is 19.4. The van der Waals surface area contributed by atoms with Crippen molar-refractivity contribution in [3.05, 3.63) is 70.9 Å². The van der Waals surface area contributed by atoms with Gasteiger partial charge in [0.2, 0.25) is 5.91 Å². The zero-order valence-electron chi connectivity index (χ0n) is 15.6. The third kappa shape index (κ3) is 4.53. The highest BCUT2D eigenvalue weighted by Crippen LogP contribution is 2.39. The Morgan fingerprint density at radius 3 is 2.37 bits per heavy atom. The first kappa shape index (κ1) is 19.7. The fourth-order valence-corrected chi connectivity index (χ4v) is 3.03. The van der Waals surface area contributed by atoms with Crippen molar-refractivity contribution < 1.29 is 22.7 Å². The molecule has 1 N–H and O–H groups in total. The van der Waals surface area contributed by atoms with Crippen molar-refractivity contribution in [1.29, 1.82) is 0 Å². The van der Waals surface area contributed by atoms with Crippen molar-refractivity contribution in [2.24, 2.45) is 0 Å². The van der Waals surface area contributed by atoms with Crippen LogP contribution in [0.3, 0.4) is 0 Å². The van der Waals surface area contributed by atoms with E-state index in [0.717, 1.165) is 29.7 Å². The molecule has 1 fully saturated rings. The van der Waals surface area contributed by atoms with E-state index in [1.807, 2.05) is 18.2 Å². The van der Waals surface area contributed by atoms with E-state index in [4.69, 9.17) is 0 Å². The number of hydrogen-bond donors (Lipinski definition) is 1. The number of nitrogens with zero attached hydrogens (tertiary/aromatic N) is 3. The Morgan fingerprint density at radius 2 is 1.77 bits per heavy atom. The molecule has 0 radical (unpaired) electrons. The van der Waals surface area contributed by atoms with Gasteiger partial charge in [-0.15, -0.1) is 13.2 Å². The number of rotatable bonds is 6. The Hall–Kier alpha value is -3.56. The fraction of sp³-hybridized carbons (Fsp3) is 0.250. The van der Waals surface area contributed by atoms with Gasteiger partial charge in [-0.2, -0.15) is 5.10 Å². The normalized spacial score (nSPS) is 13.8. The second-order valence-corrected chi connectivity index (χ2v) is 6.86. The molecule has 30 heavy (non-hydrogen) atoms. The van der Waals surface area contributed by atoms with E-state index in [1.165, 1.54) is 16.7 Å². The van der Waals surface area contributed by atoms with Crippen molar-refractivity contribution in [3.8, 4) is 11.4 Å². The van der Waals surface area contributed by atoms with Crippen LogP contribution in [0.2, 0.25) is 0 Å². The van der Waals surface area contributed by atoms with Gasteiger partial charge in [0.1, 0.15) is 18.1 Å². The number of amides is 1. The van der Waals surface area contributed by atoms with Crippen molar-refractivity contribution in [3.63, 3.8) is 0 Å². The Kier molecular flexibility index (Phi) is 5.06. The number of nitrogens with one attached hydrogen (secondary N) is 1. The maximum absolute atomic E-state index is 12.8. The fourth-order valence-electron chi connectivity index (χ4n) is 3.03. The molecule has 1 amide bonds. The molecule has 10 heteroatoms. The second-order valence-electron chi connectivity index (χ2n) is 6.86. The number of carbonyl (C=O) groups excluding carboxylic acids is 1. The first-order valence-corrected chi connectivity index (χ1v) is 9.21. The third-order valence-electron chi connectivity index (χ3n) is 4.49. The summed E-state index contributed by atoms with van der Waals surface area (Å²) in [6, 6.07) is 13.8. The molecule has 1 aromatic heterocycles. The van der Waals surface area contributed by atoms with Gasteiger partial charge < -0.3 is 10.1 Å². The minimum atomic E-state index is -4.79. The number of ether oxygens (including phenoxy) is 1. The first-order chi connectivity index (χ1) is 14.3. The van der Waals surface area contributed by atoms with E-state index in [0.29, 0.717) is 11.5 Å². The topological polar surface area (TPSA) is 78.2 Å². The summed E-state index contributed by atoms with van der Waals surface area (Å²) in [6.45, 7) is -0.320. The molecule has 0 atom stereocenters. The molecule has 7 nitrogen and oxygen atoms in total. The molecule has 3 aromatic rings. The lowest BCUT2D eigenvalue weighted by Gasteiger charge is -2.09. The highest BCUT2D eigenvalue weighted by molar-refractivity contribution is 5.90. The molecular formula is C20H17F3N4O3. The van der Waals surface area contributed by atoms with Crippen molar-refractivity contribution in [2.45, 2.75) is 31.7 Å². The van der Waals surface area contributed by atoms with Gasteiger partial charge in [-0.25, -0.2) is 14.0 Å². The van der Waals surface area contributed by atoms with Crippen LogP contribution < -0.4 is 15.7 Å². The van der Waals surface area contributed by atoms with Crippen LogP contribution in [0.25, 0.3) is 5.69 Å². The van der Waals surface area contributed by atoms with Crippen LogP contribution in [0, 0.1) is 0 Å². The lowest BCUT2D eigenvalue weighted by atomic mass is 10.3.